The second-order valence-electron chi connectivity index (χ2n) is 5.62. The summed E-state index contributed by atoms with van der Waals surface area (Å²) >= 11 is 2.83. The number of nitrogens with zero attached hydrogens (tertiary/aromatic N) is 1. The molecule has 1 atom stereocenters. The van der Waals surface area contributed by atoms with Gasteiger partial charge in [-0.3, -0.25) is 4.79 Å². The average molecular weight is 386 g/mol. The average Bonchev–Trinajstić information content (AvgIpc) is 3.29. The van der Waals surface area contributed by atoms with Crippen LogP contribution in [-0.2, 0) is 16.1 Å². The van der Waals surface area contributed by atoms with Gasteiger partial charge in [-0.05, 0) is 25.3 Å². The molecule has 7 heteroatoms. The number of rotatable bonds is 6. The van der Waals surface area contributed by atoms with Gasteiger partial charge in [0.1, 0.15) is 4.88 Å². The molecule has 2 heterocycles. The SMILES string of the molecule is Cc1nc(-c2ccccc2)c(C(=O)O[C@@H](C)C(=O)NCc2cccs2)s1. The van der Waals surface area contributed by atoms with Crippen LogP contribution < -0.4 is 5.32 Å². The zero-order valence-corrected chi connectivity index (χ0v) is 16.0. The largest absolute Gasteiger partial charge is 0.448 e. The fraction of sp³-hybridized carbons (Fsp3) is 0.211. The molecule has 5 nitrogen and oxygen atoms in total. The van der Waals surface area contributed by atoms with Crippen LogP contribution in [0.15, 0.2) is 47.8 Å². The van der Waals surface area contributed by atoms with Crippen molar-refractivity contribution in [1.82, 2.24) is 10.3 Å². The first kappa shape index (κ1) is 18.3. The van der Waals surface area contributed by atoms with Crippen molar-refractivity contribution in [2.75, 3.05) is 0 Å². The Bertz CT molecular complexity index is 889. The number of nitrogens with one attached hydrogen (secondary N) is 1. The molecule has 134 valence electrons. The number of amides is 1. The Labute approximate surface area is 159 Å². The van der Waals surface area contributed by atoms with Crippen LogP contribution in [0.2, 0.25) is 0 Å². The molecule has 2 aromatic heterocycles. The van der Waals surface area contributed by atoms with E-state index in [1.165, 1.54) is 11.3 Å². The number of esters is 1. The highest BCUT2D eigenvalue weighted by molar-refractivity contribution is 7.14. The zero-order valence-electron chi connectivity index (χ0n) is 14.4. The molecule has 1 amide bonds. The van der Waals surface area contributed by atoms with E-state index >= 15 is 0 Å². The van der Waals surface area contributed by atoms with Gasteiger partial charge in [0, 0.05) is 10.4 Å². The van der Waals surface area contributed by atoms with Crippen LogP contribution in [-0.4, -0.2) is 23.0 Å². The fourth-order valence-electron chi connectivity index (χ4n) is 2.36. The van der Waals surface area contributed by atoms with Crippen LogP contribution in [0, 0.1) is 6.92 Å². The third kappa shape index (κ3) is 4.36. The van der Waals surface area contributed by atoms with Gasteiger partial charge >= 0.3 is 5.97 Å². The lowest BCUT2D eigenvalue weighted by Crippen LogP contribution is -2.35. The second-order valence-corrected chi connectivity index (χ2v) is 7.86. The molecule has 1 N–H and O–H groups in total. The Kier molecular flexibility index (Phi) is 5.80. The molecule has 0 aliphatic carbocycles. The highest BCUT2D eigenvalue weighted by atomic mass is 32.1. The Morgan fingerprint density at radius 3 is 2.65 bits per heavy atom. The number of benzene rings is 1. The van der Waals surface area contributed by atoms with Crippen molar-refractivity contribution in [3.63, 3.8) is 0 Å². The standard InChI is InChI=1S/C19H18N2O3S2/c1-12(18(22)20-11-15-9-6-10-25-15)24-19(23)17-16(21-13(2)26-17)14-7-4-3-5-8-14/h3-10,12H,11H2,1-2H3,(H,20,22)/t12-/m0/s1. The lowest BCUT2D eigenvalue weighted by atomic mass is 10.1. The van der Waals surface area contributed by atoms with Crippen LogP contribution in [0.3, 0.4) is 0 Å². The molecule has 0 unspecified atom stereocenters. The molecule has 3 rings (SSSR count). The van der Waals surface area contributed by atoms with Crippen molar-refractivity contribution in [1.29, 1.82) is 0 Å². The summed E-state index contributed by atoms with van der Waals surface area (Å²) in [4.78, 5) is 30.6. The summed E-state index contributed by atoms with van der Waals surface area (Å²) in [6.45, 7) is 3.83. The first-order valence-electron chi connectivity index (χ1n) is 8.08. The fourth-order valence-corrected chi connectivity index (χ4v) is 3.82. The Hall–Kier alpha value is -2.51. The third-order valence-electron chi connectivity index (χ3n) is 3.64. The number of hydrogen-bond donors (Lipinski definition) is 1. The topological polar surface area (TPSA) is 68.3 Å². The number of carbonyl (C=O) groups is 2. The van der Waals surface area contributed by atoms with Gasteiger partial charge < -0.3 is 10.1 Å². The van der Waals surface area contributed by atoms with E-state index in [0.717, 1.165) is 15.4 Å². The quantitative estimate of drug-likeness (QED) is 0.649. The zero-order chi connectivity index (χ0) is 18.5. The van der Waals surface area contributed by atoms with Crippen molar-refractivity contribution >= 4 is 34.6 Å². The lowest BCUT2D eigenvalue weighted by molar-refractivity contribution is -0.129. The maximum atomic E-state index is 12.6. The van der Waals surface area contributed by atoms with E-state index in [1.807, 2.05) is 54.8 Å². The summed E-state index contributed by atoms with van der Waals surface area (Å²) in [7, 11) is 0. The summed E-state index contributed by atoms with van der Waals surface area (Å²) in [5.74, 6) is -0.859. The number of thiophene rings is 1. The van der Waals surface area contributed by atoms with Gasteiger partial charge in [-0.1, -0.05) is 36.4 Å². The van der Waals surface area contributed by atoms with E-state index in [1.54, 1.807) is 18.3 Å². The number of hydrogen-bond acceptors (Lipinski definition) is 6. The van der Waals surface area contributed by atoms with Crippen LogP contribution >= 0.6 is 22.7 Å². The number of carbonyl (C=O) groups excluding carboxylic acids is 2. The number of thiazole rings is 1. The van der Waals surface area contributed by atoms with E-state index < -0.39 is 12.1 Å². The van der Waals surface area contributed by atoms with E-state index in [4.69, 9.17) is 4.74 Å². The van der Waals surface area contributed by atoms with E-state index in [0.29, 0.717) is 17.1 Å². The maximum Gasteiger partial charge on any atom is 0.351 e. The third-order valence-corrected chi connectivity index (χ3v) is 5.46. The summed E-state index contributed by atoms with van der Waals surface area (Å²) in [5.41, 5.74) is 1.43. The molecule has 0 aliphatic heterocycles. The normalized spacial score (nSPS) is 11.8. The monoisotopic (exact) mass is 386 g/mol. The van der Waals surface area contributed by atoms with E-state index in [9.17, 15) is 9.59 Å². The van der Waals surface area contributed by atoms with Crippen molar-refractivity contribution in [2.24, 2.45) is 0 Å². The van der Waals surface area contributed by atoms with Crippen LogP contribution in [0.4, 0.5) is 0 Å². The summed E-state index contributed by atoms with van der Waals surface area (Å²) in [6.07, 6.45) is -0.881. The second kappa shape index (κ2) is 8.25. The van der Waals surface area contributed by atoms with E-state index in [2.05, 4.69) is 10.3 Å². The number of ether oxygens (including phenoxy) is 1. The number of aromatic nitrogens is 1. The van der Waals surface area contributed by atoms with Gasteiger partial charge in [-0.2, -0.15) is 0 Å². The molecule has 0 radical (unpaired) electrons. The van der Waals surface area contributed by atoms with Gasteiger partial charge in [0.05, 0.1) is 17.2 Å². The minimum Gasteiger partial charge on any atom is -0.448 e. The van der Waals surface area contributed by atoms with E-state index in [-0.39, 0.29) is 5.91 Å². The highest BCUT2D eigenvalue weighted by Crippen LogP contribution is 2.28. The van der Waals surface area contributed by atoms with Gasteiger partial charge in [0.15, 0.2) is 6.10 Å². The van der Waals surface area contributed by atoms with Crippen LogP contribution in [0.25, 0.3) is 11.3 Å². The Morgan fingerprint density at radius 2 is 1.96 bits per heavy atom. The van der Waals surface area contributed by atoms with Crippen LogP contribution in [0.1, 0.15) is 26.5 Å². The molecule has 1 aromatic carbocycles. The molecule has 0 saturated heterocycles. The van der Waals surface area contributed by atoms with Crippen molar-refractivity contribution < 1.29 is 14.3 Å². The molecular formula is C19H18N2O3S2. The predicted octanol–water partition coefficient (Wildman–Crippen LogP) is 4.04. The molecule has 0 aliphatic rings. The molecule has 0 bridgehead atoms. The smallest absolute Gasteiger partial charge is 0.351 e. The van der Waals surface area contributed by atoms with Gasteiger partial charge in [-0.15, -0.1) is 22.7 Å². The summed E-state index contributed by atoms with van der Waals surface area (Å²) < 4.78 is 5.37. The molecule has 0 saturated carbocycles. The maximum absolute atomic E-state index is 12.6. The van der Waals surface area contributed by atoms with Gasteiger partial charge in [0.2, 0.25) is 0 Å². The van der Waals surface area contributed by atoms with Crippen molar-refractivity contribution in [3.05, 3.63) is 62.6 Å². The minimum absolute atomic E-state index is 0.325. The van der Waals surface area contributed by atoms with Crippen molar-refractivity contribution in [2.45, 2.75) is 26.5 Å². The first-order valence-corrected chi connectivity index (χ1v) is 9.78. The van der Waals surface area contributed by atoms with Crippen molar-refractivity contribution in [3.8, 4) is 11.3 Å². The van der Waals surface area contributed by atoms with Crippen LogP contribution in [0.5, 0.6) is 0 Å². The molecule has 0 spiro atoms. The van der Waals surface area contributed by atoms with Gasteiger partial charge in [0.25, 0.3) is 5.91 Å². The summed E-state index contributed by atoms with van der Waals surface area (Å²) in [5, 5.41) is 5.49. The molecule has 26 heavy (non-hydrogen) atoms. The predicted molar refractivity (Wildman–Crippen MR) is 103 cm³/mol. The molecule has 0 fully saturated rings. The lowest BCUT2D eigenvalue weighted by Gasteiger charge is -2.13. The summed E-state index contributed by atoms with van der Waals surface area (Å²) in [6, 6.07) is 13.3. The number of aryl methyl sites for hydroxylation is 1. The molecular weight excluding hydrogens is 368 g/mol. The first-order chi connectivity index (χ1) is 12.5. The minimum atomic E-state index is -0.881. The highest BCUT2D eigenvalue weighted by Gasteiger charge is 2.24. The Balaban J connectivity index is 1.67. The molecule has 3 aromatic rings. The Morgan fingerprint density at radius 1 is 1.19 bits per heavy atom. The van der Waals surface area contributed by atoms with Gasteiger partial charge in [-0.25, -0.2) is 9.78 Å².